The zero-order chi connectivity index (χ0) is 11.3. The number of hydrogen-bond donors (Lipinski definition) is 1. The Balaban J connectivity index is 2.43. The van der Waals surface area contributed by atoms with Gasteiger partial charge in [0.25, 0.3) is 0 Å². The van der Waals surface area contributed by atoms with E-state index in [1.165, 1.54) is 38.9 Å². The van der Waals surface area contributed by atoms with Crippen molar-refractivity contribution in [2.24, 2.45) is 11.3 Å². The van der Waals surface area contributed by atoms with Gasteiger partial charge >= 0.3 is 0 Å². The molecule has 1 fully saturated rings. The fourth-order valence-corrected chi connectivity index (χ4v) is 2.52. The smallest absolute Gasteiger partial charge is 0.0434 e. The van der Waals surface area contributed by atoms with Crippen molar-refractivity contribution in [2.75, 3.05) is 26.2 Å². The summed E-state index contributed by atoms with van der Waals surface area (Å²) in [4.78, 5) is 2.58. The van der Waals surface area contributed by atoms with E-state index in [1.54, 1.807) is 0 Å². The molecule has 0 saturated carbocycles. The van der Waals surface area contributed by atoms with Crippen LogP contribution in [0.25, 0.3) is 0 Å². The van der Waals surface area contributed by atoms with Gasteiger partial charge in [-0.2, -0.15) is 0 Å². The molecule has 2 nitrogen and oxygen atoms in total. The molecule has 0 radical (unpaired) electrons. The SMILES string of the molecule is CCCCN1CCC(C)(C)C(CCO)C1. The van der Waals surface area contributed by atoms with Crippen LogP contribution >= 0.6 is 0 Å². The maximum atomic E-state index is 9.09. The van der Waals surface area contributed by atoms with Crippen LogP contribution < -0.4 is 0 Å². The van der Waals surface area contributed by atoms with Crippen LogP contribution in [-0.4, -0.2) is 36.2 Å². The summed E-state index contributed by atoms with van der Waals surface area (Å²) < 4.78 is 0. The predicted molar refractivity (Wildman–Crippen MR) is 64.9 cm³/mol. The van der Waals surface area contributed by atoms with Gasteiger partial charge in [-0.1, -0.05) is 27.2 Å². The minimum absolute atomic E-state index is 0.343. The highest BCUT2D eigenvalue weighted by atomic mass is 16.3. The second kappa shape index (κ2) is 5.86. The van der Waals surface area contributed by atoms with Crippen molar-refractivity contribution >= 4 is 0 Å². The molecule has 0 aromatic rings. The van der Waals surface area contributed by atoms with Crippen molar-refractivity contribution in [3.8, 4) is 0 Å². The molecule has 2 heteroatoms. The first-order valence-electron chi connectivity index (χ1n) is 6.43. The summed E-state index contributed by atoms with van der Waals surface area (Å²) in [7, 11) is 0. The Morgan fingerprint density at radius 1 is 1.40 bits per heavy atom. The van der Waals surface area contributed by atoms with E-state index >= 15 is 0 Å². The quantitative estimate of drug-likeness (QED) is 0.758. The molecule has 1 atom stereocenters. The third-order valence-electron chi connectivity index (χ3n) is 3.96. The number of rotatable bonds is 5. The molecular weight excluding hydrogens is 186 g/mol. The minimum Gasteiger partial charge on any atom is -0.396 e. The Morgan fingerprint density at radius 2 is 2.13 bits per heavy atom. The molecule has 0 amide bonds. The van der Waals surface area contributed by atoms with Gasteiger partial charge in [-0.3, -0.25) is 0 Å². The molecule has 0 aromatic heterocycles. The Labute approximate surface area is 94.7 Å². The van der Waals surface area contributed by atoms with Crippen molar-refractivity contribution < 1.29 is 5.11 Å². The Hall–Kier alpha value is -0.0800. The molecule has 0 spiro atoms. The van der Waals surface area contributed by atoms with Crippen LogP contribution in [0.5, 0.6) is 0 Å². The third-order valence-corrected chi connectivity index (χ3v) is 3.96. The topological polar surface area (TPSA) is 23.5 Å². The zero-order valence-corrected chi connectivity index (χ0v) is 10.6. The van der Waals surface area contributed by atoms with Gasteiger partial charge < -0.3 is 10.0 Å². The van der Waals surface area contributed by atoms with Crippen molar-refractivity contribution in [1.29, 1.82) is 0 Å². The van der Waals surface area contributed by atoms with E-state index in [0.29, 0.717) is 17.9 Å². The van der Waals surface area contributed by atoms with Crippen LogP contribution in [-0.2, 0) is 0 Å². The zero-order valence-electron chi connectivity index (χ0n) is 10.6. The van der Waals surface area contributed by atoms with E-state index in [9.17, 15) is 0 Å². The van der Waals surface area contributed by atoms with E-state index in [-0.39, 0.29) is 0 Å². The molecule has 15 heavy (non-hydrogen) atoms. The number of likely N-dealkylation sites (tertiary alicyclic amines) is 1. The molecule has 1 aliphatic rings. The molecule has 0 aliphatic carbocycles. The third kappa shape index (κ3) is 3.76. The molecule has 1 heterocycles. The van der Waals surface area contributed by atoms with Gasteiger partial charge in [-0.15, -0.1) is 0 Å². The molecule has 1 rings (SSSR count). The summed E-state index contributed by atoms with van der Waals surface area (Å²) >= 11 is 0. The number of piperidine rings is 1. The number of nitrogens with zero attached hydrogens (tertiary/aromatic N) is 1. The number of aliphatic hydroxyl groups is 1. The molecule has 0 bridgehead atoms. The predicted octanol–water partition coefficient (Wildman–Crippen LogP) is 2.52. The molecule has 0 aromatic carbocycles. The lowest BCUT2D eigenvalue weighted by Crippen LogP contribution is -2.45. The Morgan fingerprint density at radius 3 is 2.73 bits per heavy atom. The largest absolute Gasteiger partial charge is 0.396 e. The lowest BCUT2D eigenvalue weighted by atomic mass is 9.72. The second-order valence-electron chi connectivity index (χ2n) is 5.60. The van der Waals surface area contributed by atoms with E-state index in [4.69, 9.17) is 5.11 Å². The maximum Gasteiger partial charge on any atom is 0.0434 e. The molecule has 1 N–H and O–H groups in total. The van der Waals surface area contributed by atoms with Gasteiger partial charge in [0.05, 0.1) is 0 Å². The van der Waals surface area contributed by atoms with Gasteiger partial charge in [0.15, 0.2) is 0 Å². The van der Waals surface area contributed by atoms with E-state index in [0.717, 1.165) is 6.42 Å². The first-order valence-corrected chi connectivity index (χ1v) is 6.43. The fourth-order valence-electron chi connectivity index (χ4n) is 2.52. The normalized spacial score (nSPS) is 26.8. The summed E-state index contributed by atoms with van der Waals surface area (Å²) in [5.74, 6) is 0.674. The molecule has 1 unspecified atom stereocenters. The number of aliphatic hydroxyl groups excluding tert-OH is 1. The van der Waals surface area contributed by atoms with Crippen LogP contribution in [0.2, 0.25) is 0 Å². The van der Waals surface area contributed by atoms with Crippen LogP contribution in [0.15, 0.2) is 0 Å². The summed E-state index contributed by atoms with van der Waals surface area (Å²) in [6, 6.07) is 0. The second-order valence-corrected chi connectivity index (χ2v) is 5.60. The van der Waals surface area contributed by atoms with E-state index < -0.39 is 0 Å². The van der Waals surface area contributed by atoms with E-state index in [2.05, 4.69) is 25.7 Å². The lowest BCUT2D eigenvalue weighted by molar-refractivity contribution is 0.0432. The van der Waals surface area contributed by atoms with Crippen molar-refractivity contribution in [2.45, 2.75) is 46.5 Å². The lowest BCUT2D eigenvalue weighted by Gasteiger charge is -2.44. The summed E-state index contributed by atoms with van der Waals surface area (Å²) in [6.45, 7) is 11.0. The van der Waals surface area contributed by atoms with Crippen molar-refractivity contribution in [3.05, 3.63) is 0 Å². The standard InChI is InChI=1S/C13H27NO/c1-4-5-8-14-9-7-13(2,3)12(11-14)6-10-15/h12,15H,4-11H2,1-3H3. The minimum atomic E-state index is 0.343. The van der Waals surface area contributed by atoms with Crippen LogP contribution in [0.4, 0.5) is 0 Å². The van der Waals surface area contributed by atoms with Crippen molar-refractivity contribution in [3.63, 3.8) is 0 Å². The van der Waals surface area contributed by atoms with Gasteiger partial charge in [0.2, 0.25) is 0 Å². The first-order chi connectivity index (χ1) is 7.10. The molecule has 1 aliphatic heterocycles. The Bertz CT molecular complexity index is 179. The molecule has 1 saturated heterocycles. The van der Waals surface area contributed by atoms with Gasteiger partial charge in [0.1, 0.15) is 0 Å². The highest BCUT2D eigenvalue weighted by molar-refractivity contribution is 4.86. The highest BCUT2D eigenvalue weighted by Crippen LogP contribution is 2.37. The number of hydrogen-bond acceptors (Lipinski definition) is 2. The van der Waals surface area contributed by atoms with Crippen LogP contribution in [0, 0.1) is 11.3 Å². The van der Waals surface area contributed by atoms with Crippen molar-refractivity contribution in [1.82, 2.24) is 4.90 Å². The van der Waals surface area contributed by atoms with Gasteiger partial charge in [0, 0.05) is 13.2 Å². The van der Waals surface area contributed by atoms with Crippen LogP contribution in [0.3, 0.4) is 0 Å². The van der Waals surface area contributed by atoms with Gasteiger partial charge in [-0.05, 0) is 43.7 Å². The monoisotopic (exact) mass is 213 g/mol. The summed E-state index contributed by atoms with van der Waals surface area (Å²) in [5, 5.41) is 9.09. The van der Waals surface area contributed by atoms with E-state index in [1.807, 2.05) is 0 Å². The first kappa shape index (κ1) is 13.0. The molecule has 90 valence electrons. The van der Waals surface area contributed by atoms with Crippen LogP contribution in [0.1, 0.15) is 46.5 Å². The summed E-state index contributed by atoms with van der Waals surface area (Å²) in [6.07, 6.45) is 4.84. The average molecular weight is 213 g/mol. The summed E-state index contributed by atoms with van der Waals surface area (Å²) in [5.41, 5.74) is 0.422. The average Bonchev–Trinajstić information content (AvgIpc) is 2.19. The number of unbranched alkanes of at least 4 members (excludes halogenated alkanes) is 1. The van der Waals surface area contributed by atoms with Gasteiger partial charge in [-0.25, -0.2) is 0 Å². The molecular formula is C13H27NO. The highest BCUT2D eigenvalue weighted by Gasteiger charge is 2.34. The fraction of sp³-hybridized carbons (Fsp3) is 1.00. The maximum absolute atomic E-state index is 9.09. The Kier molecular flexibility index (Phi) is 5.07.